The fourth-order valence-corrected chi connectivity index (χ4v) is 3.20. The van der Waals surface area contributed by atoms with E-state index in [1.54, 1.807) is 12.1 Å². The van der Waals surface area contributed by atoms with Crippen LogP contribution in [0.3, 0.4) is 0 Å². The number of carbonyl (C=O) groups is 2. The second kappa shape index (κ2) is 6.00. The highest BCUT2D eigenvalue weighted by atomic mass is 16.5. The van der Waals surface area contributed by atoms with E-state index in [9.17, 15) is 9.59 Å². The van der Waals surface area contributed by atoms with E-state index in [-0.39, 0.29) is 17.9 Å². The predicted octanol–water partition coefficient (Wildman–Crippen LogP) is 2.30. The number of fused-ring (bicyclic) bond motifs is 2. The first-order valence-corrected chi connectivity index (χ1v) is 8.14. The molecule has 0 unspecified atom stereocenters. The average Bonchev–Trinajstić information content (AvgIpc) is 3.02. The molecule has 2 heterocycles. The number of nitrogens with one attached hydrogen (secondary N) is 2. The van der Waals surface area contributed by atoms with Crippen molar-refractivity contribution in [2.75, 3.05) is 11.9 Å². The average molecular weight is 322 g/mol. The number of anilines is 1. The summed E-state index contributed by atoms with van der Waals surface area (Å²) in [4.78, 5) is 23.8. The Labute approximate surface area is 140 Å². The zero-order valence-corrected chi connectivity index (χ0v) is 13.2. The van der Waals surface area contributed by atoms with Gasteiger partial charge < -0.3 is 15.4 Å². The molecule has 2 amide bonds. The molecule has 24 heavy (non-hydrogen) atoms. The van der Waals surface area contributed by atoms with Crippen molar-refractivity contribution in [2.45, 2.75) is 25.4 Å². The van der Waals surface area contributed by atoms with Gasteiger partial charge in [-0.1, -0.05) is 18.2 Å². The van der Waals surface area contributed by atoms with E-state index in [0.717, 1.165) is 23.4 Å². The monoisotopic (exact) mass is 322 g/mol. The van der Waals surface area contributed by atoms with E-state index in [1.807, 2.05) is 24.3 Å². The van der Waals surface area contributed by atoms with E-state index < -0.39 is 0 Å². The van der Waals surface area contributed by atoms with Crippen LogP contribution in [-0.2, 0) is 17.6 Å². The van der Waals surface area contributed by atoms with Crippen LogP contribution in [0.2, 0.25) is 0 Å². The van der Waals surface area contributed by atoms with Crippen LogP contribution in [0.25, 0.3) is 0 Å². The molecule has 0 bridgehead atoms. The molecular formula is C19H18N2O3. The molecule has 0 saturated heterocycles. The highest BCUT2D eigenvalue weighted by molar-refractivity contribution is 5.97. The van der Waals surface area contributed by atoms with Gasteiger partial charge in [-0.15, -0.1) is 0 Å². The summed E-state index contributed by atoms with van der Waals surface area (Å²) in [6, 6.07) is 13.3. The molecule has 4 rings (SSSR count). The third-order valence-electron chi connectivity index (χ3n) is 4.47. The summed E-state index contributed by atoms with van der Waals surface area (Å²) in [5.41, 5.74) is 3.60. The summed E-state index contributed by atoms with van der Waals surface area (Å²) in [7, 11) is 0. The molecule has 0 saturated carbocycles. The molecule has 2 aromatic rings. The lowest BCUT2D eigenvalue weighted by Crippen LogP contribution is -2.34. The van der Waals surface area contributed by atoms with Gasteiger partial charge in [0.25, 0.3) is 5.91 Å². The molecule has 2 N–H and O–H groups in total. The van der Waals surface area contributed by atoms with Crippen LogP contribution in [0.5, 0.6) is 5.75 Å². The smallest absolute Gasteiger partial charge is 0.251 e. The third kappa shape index (κ3) is 2.85. The molecule has 0 aromatic heterocycles. The molecule has 5 nitrogen and oxygen atoms in total. The van der Waals surface area contributed by atoms with Gasteiger partial charge in [0.1, 0.15) is 11.9 Å². The van der Waals surface area contributed by atoms with Crippen LogP contribution in [-0.4, -0.2) is 24.5 Å². The van der Waals surface area contributed by atoms with Crippen LogP contribution >= 0.6 is 0 Å². The Morgan fingerprint density at radius 2 is 2.04 bits per heavy atom. The summed E-state index contributed by atoms with van der Waals surface area (Å²) in [5, 5.41) is 5.76. The second-order valence-electron chi connectivity index (χ2n) is 6.18. The lowest BCUT2D eigenvalue weighted by atomic mass is 10.00. The molecule has 1 atom stereocenters. The number of amides is 2. The van der Waals surface area contributed by atoms with Gasteiger partial charge >= 0.3 is 0 Å². The number of rotatable bonds is 3. The summed E-state index contributed by atoms with van der Waals surface area (Å²) >= 11 is 0. The Kier molecular flexibility index (Phi) is 3.69. The molecule has 2 aromatic carbocycles. The van der Waals surface area contributed by atoms with E-state index in [0.29, 0.717) is 24.9 Å². The molecule has 2 aliphatic heterocycles. The number of carbonyl (C=O) groups excluding carboxylic acids is 2. The van der Waals surface area contributed by atoms with Crippen molar-refractivity contribution in [1.82, 2.24) is 5.32 Å². The summed E-state index contributed by atoms with van der Waals surface area (Å²) in [6.07, 6.45) is 1.92. The maximum Gasteiger partial charge on any atom is 0.251 e. The zero-order valence-electron chi connectivity index (χ0n) is 13.2. The van der Waals surface area contributed by atoms with Crippen molar-refractivity contribution in [3.05, 3.63) is 59.2 Å². The van der Waals surface area contributed by atoms with E-state index in [2.05, 4.69) is 16.7 Å². The van der Waals surface area contributed by atoms with Crippen LogP contribution in [0, 0.1) is 0 Å². The minimum absolute atomic E-state index is 0.0248. The van der Waals surface area contributed by atoms with Gasteiger partial charge in [0, 0.05) is 24.1 Å². The van der Waals surface area contributed by atoms with Crippen molar-refractivity contribution in [2.24, 2.45) is 0 Å². The molecule has 0 spiro atoms. The van der Waals surface area contributed by atoms with Gasteiger partial charge in [0.15, 0.2) is 0 Å². The summed E-state index contributed by atoms with van der Waals surface area (Å²) in [6.45, 7) is 0.474. The highest BCUT2D eigenvalue weighted by Gasteiger charge is 2.23. The Bertz CT molecular complexity index is 791. The van der Waals surface area contributed by atoms with Gasteiger partial charge in [-0.05, 0) is 41.8 Å². The first-order chi connectivity index (χ1) is 11.7. The predicted molar refractivity (Wildman–Crippen MR) is 90.3 cm³/mol. The first-order valence-electron chi connectivity index (χ1n) is 8.14. The Balaban J connectivity index is 1.38. The minimum Gasteiger partial charge on any atom is -0.488 e. The fraction of sp³-hybridized carbons (Fsp3) is 0.263. The quantitative estimate of drug-likeness (QED) is 0.911. The van der Waals surface area contributed by atoms with Crippen molar-refractivity contribution >= 4 is 17.5 Å². The van der Waals surface area contributed by atoms with E-state index >= 15 is 0 Å². The molecule has 5 heteroatoms. The van der Waals surface area contributed by atoms with Gasteiger partial charge in [-0.2, -0.15) is 0 Å². The van der Waals surface area contributed by atoms with Crippen molar-refractivity contribution in [3.8, 4) is 5.75 Å². The molecule has 122 valence electrons. The lowest BCUT2D eigenvalue weighted by Gasteiger charge is -2.18. The largest absolute Gasteiger partial charge is 0.488 e. The summed E-state index contributed by atoms with van der Waals surface area (Å²) in [5.74, 6) is 0.813. The number of hydrogen-bond donors (Lipinski definition) is 2. The number of hydrogen-bond acceptors (Lipinski definition) is 3. The molecular weight excluding hydrogens is 304 g/mol. The van der Waals surface area contributed by atoms with E-state index in [1.165, 1.54) is 5.56 Å². The number of aryl methyl sites for hydroxylation is 1. The number of benzene rings is 2. The zero-order chi connectivity index (χ0) is 16.5. The topological polar surface area (TPSA) is 67.4 Å². The van der Waals surface area contributed by atoms with Gasteiger partial charge in [0.2, 0.25) is 5.91 Å². The molecule has 0 radical (unpaired) electrons. The molecule has 0 aliphatic carbocycles. The van der Waals surface area contributed by atoms with Gasteiger partial charge in [-0.3, -0.25) is 9.59 Å². The van der Waals surface area contributed by atoms with Crippen molar-refractivity contribution < 1.29 is 14.3 Å². The van der Waals surface area contributed by atoms with Gasteiger partial charge in [-0.25, -0.2) is 0 Å². The second-order valence-corrected chi connectivity index (χ2v) is 6.18. The maximum atomic E-state index is 12.4. The maximum absolute atomic E-state index is 12.4. The SMILES string of the molecule is O=C1CCc2cc(C(=O)NC[C@H]3Cc4ccccc4O3)ccc2N1. The normalized spacial score (nSPS) is 18.2. The fourth-order valence-electron chi connectivity index (χ4n) is 3.20. The lowest BCUT2D eigenvalue weighted by molar-refractivity contribution is -0.116. The first kappa shape index (κ1) is 14.8. The molecule has 0 fully saturated rings. The minimum atomic E-state index is -0.116. The third-order valence-corrected chi connectivity index (χ3v) is 4.47. The Morgan fingerprint density at radius 1 is 1.17 bits per heavy atom. The standard InChI is InChI=1S/C19H18N2O3/c22-18-8-6-12-9-14(5-7-16(12)21-18)19(23)20-11-15-10-13-3-1-2-4-17(13)24-15/h1-5,7,9,15H,6,8,10-11H2,(H,20,23)(H,21,22)/t15-/m1/s1. The number of ether oxygens (including phenoxy) is 1. The summed E-state index contributed by atoms with van der Waals surface area (Å²) < 4.78 is 5.83. The Morgan fingerprint density at radius 3 is 2.92 bits per heavy atom. The van der Waals surface area contributed by atoms with Crippen LogP contribution in [0.1, 0.15) is 27.9 Å². The van der Waals surface area contributed by atoms with Gasteiger partial charge in [0.05, 0.1) is 6.54 Å². The van der Waals surface area contributed by atoms with Crippen LogP contribution < -0.4 is 15.4 Å². The van der Waals surface area contributed by atoms with Crippen LogP contribution in [0.15, 0.2) is 42.5 Å². The number of para-hydroxylation sites is 1. The van der Waals surface area contributed by atoms with Crippen LogP contribution in [0.4, 0.5) is 5.69 Å². The van der Waals surface area contributed by atoms with Crippen molar-refractivity contribution in [1.29, 1.82) is 0 Å². The highest BCUT2D eigenvalue weighted by Crippen LogP contribution is 2.28. The molecule has 2 aliphatic rings. The van der Waals surface area contributed by atoms with Crippen molar-refractivity contribution in [3.63, 3.8) is 0 Å². The Hall–Kier alpha value is -2.82. The van der Waals surface area contributed by atoms with E-state index in [4.69, 9.17) is 4.74 Å².